The van der Waals surface area contributed by atoms with Crippen LogP contribution in [-0.2, 0) is 13.5 Å². The van der Waals surface area contributed by atoms with Crippen LogP contribution in [0.1, 0.15) is 48.3 Å². The molecule has 0 bridgehead atoms. The van der Waals surface area contributed by atoms with Gasteiger partial charge in [-0.15, -0.1) is 0 Å². The van der Waals surface area contributed by atoms with E-state index < -0.39 is 5.91 Å². The number of nitrogen functional groups attached to an aromatic ring is 1. The summed E-state index contributed by atoms with van der Waals surface area (Å²) in [5.74, 6) is 6.95. The molecule has 0 aliphatic carbocycles. The van der Waals surface area contributed by atoms with Crippen molar-refractivity contribution in [3.8, 4) is 34.5 Å². The Bertz CT molecular complexity index is 2160. The number of anilines is 1. The molecule has 47 heavy (non-hydrogen) atoms. The average Bonchev–Trinajstić information content (AvgIpc) is 3.49. The third-order valence-electron chi connectivity index (χ3n) is 6.89. The van der Waals surface area contributed by atoms with E-state index in [0.29, 0.717) is 34.3 Å². The van der Waals surface area contributed by atoms with Crippen LogP contribution in [0.5, 0.6) is 5.75 Å². The van der Waals surface area contributed by atoms with Gasteiger partial charge >= 0.3 is 0 Å². The topological polar surface area (TPSA) is 157 Å². The van der Waals surface area contributed by atoms with E-state index in [0.717, 1.165) is 22.8 Å². The van der Waals surface area contributed by atoms with Crippen LogP contribution >= 0.6 is 0 Å². The molecule has 3 aromatic heterocycles. The number of ether oxygens (including phenoxy) is 1. The molecule has 0 atom stereocenters. The number of hydrogen-bond donors (Lipinski definition) is 2. The van der Waals surface area contributed by atoms with Gasteiger partial charge in [-0.2, -0.15) is 5.10 Å². The van der Waals surface area contributed by atoms with Crippen molar-refractivity contribution in [2.45, 2.75) is 33.3 Å². The zero-order chi connectivity index (χ0) is 33.5. The minimum atomic E-state index is -0.698. The zero-order valence-electron chi connectivity index (χ0n) is 26.5. The first-order chi connectivity index (χ1) is 22.6. The van der Waals surface area contributed by atoms with Crippen LogP contribution in [0, 0.1) is 11.8 Å². The predicted molar refractivity (Wildman–Crippen MR) is 182 cm³/mol. The van der Waals surface area contributed by atoms with Gasteiger partial charge in [-0.1, -0.05) is 37.1 Å². The molecule has 11 heteroatoms. The van der Waals surface area contributed by atoms with Crippen LogP contribution in [-0.4, -0.2) is 41.3 Å². The van der Waals surface area contributed by atoms with Crippen LogP contribution in [0.3, 0.4) is 0 Å². The van der Waals surface area contributed by atoms with E-state index in [1.807, 2.05) is 113 Å². The number of benzene rings is 3. The van der Waals surface area contributed by atoms with Crippen molar-refractivity contribution in [2.75, 3.05) is 5.73 Å². The van der Waals surface area contributed by atoms with Crippen LogP contribution in [0.2, 0.25) is 0 Å². The number of carbonyl (C=O) groups excluding carboxylic acids is 1. The monoisotopic (exact) mass is 626 g/mol. The molecule has 0 saturated carbocycles. The second-order valence-corrected chi connectivity index (χ2v) is 10.7. The predicted octanol–water partition coefficient (Wildman–Crippen LogP) is 4.69. The van der Waals surface area contributed by atoms with Gasteiger partial charge in [0.2, 0.25) is 0 Å². The fraction of sp³-hybridized carbons (Fsp3) is 0.167. The van der Waals surface area contributed by atoms with Crippen LogP contribution in [0.25, 0.3) is 27.8 Å². The zero-order valence-corrected chi connectivity index (χ0v) is 26.5. The van der Waals surface area contributed by atoms with E-state index in [1.165, 1.54) is 6.20 Å². The molecule has 0 saturated heterocycles. The van der Waals surface area contributed by atoms with E-state index >= 15 is 0 Å². The molecule has 0 spiro atoms. The lowest BCUT2D eigenvalue weighted by molar-refractivity contribution is 0.0996. The van der Waals surface area contributed by atoms with Gasteiger partial charge < -0.3 is 16.2 Å². The number of hydrogen-bond acceptors (Lipinski definition) is 8. The Hall–Kier alpha value is -6.28. The molecule has 6 aromatic rings. The fourth-order valence-corrected chi connectivity index (χ4v) is 4.77. The molecule has 1 amide bonds. The number of rotatable bonds is 6. The van der Waals surface area contributed by atoms with Gasteiger partial charge in [0.05, 0.1) is 34.6 Å². The summed E-state index contributed by atoms with van der Waals surface area (Å²) in [5, 5.41) is 4.79. The quantitative estimate of drug-likeness (QED) is 0.252. The van der Waals surface area contributed by atoms with Crippen LogP contribution in [0.15, 0.2) is 96.1 Å². The highest BCUT2D eigenvalue weighted by molar-refractivity contribution is 5.95. The number of para-hydroxylation sites is 1. The minimum absolute atomic E-state index is 0.0231. The summed E-state index contributed by atoms with van der Waals surface area (Å²) in [6.07, 6.45) is 4.10. The number of aromatic nitrogens is 6. The molecule has 3 aromatic carbocycles. The Morgan fingerprint density at radius 2 is 1.70 bits per heavy atom. The van der Waals surface area contributed by atoms with E-state index in [1.54, 1.807) is 9.25 Å². The van der Waals surface area contributed by atoms with Crippen molar-refractivity contribution in [1.82, 2.24) is 29.3 Å². The minimum Gasteiger partial charge on any atom is -0.491 e. The lowest BCUT2D eigenvalue weighted by Crippen LogP contribution is -2.24. The maximum absolute atomic E-state index is 13.4. The normalized spacial score (nSPS) is 10.6. The van der Waals surface area contributed by atoms with Crippen molar-refractivity contribution >= 4 is 22.6 Å². The molecule has 11 nitrogen and oxygen atoms in total. The van der Waals surface area contributed by atoms with Gasteiger partial charge in [-0.25, -0.2) is 15.0 Å². The molecule has 4 N–H and O–H groups in total. The number of nitrogens with two attached hydrogens (primary N) is 2. The van der Waals surface area contributed by atoms with Crippen molar-refractivity contribution < 1.29 is 9.53 Å². The lowest BCUT2D eigenvalue weighted by atomic mass is 10.1. The molecule has 0 fully saturated rings. The van der Waals surface area contributed by atoms with Gasteiger partial charge in [0.25, 0.3) is 11.5 Å². The average molecular weight is 627 g/mol. The maximum atomic E-state index is 13.4. The Morgan fingerprint density at radius 1 is 0.957 bits per heavy atom. The fourth-order valence-electron chi connectivity index (χ4n) is 4.77. The summed E-state index contributed by atoms with van der Waals surface area (Å²) in [6.45, 7) is 5.91. The summed E-state index contributed by atoms with van der Waals surface area (Å²) < 4.78 is 8.93. The summed E-state index contributed by atoms with van der Waals surface area (Å²) in [4.78, 5) is 37.4. The summed E-state index contributed by atoms with van der Waals surface area (Å²) >= 11 is 0. The summed E-state index contributed by atoms with van der Waals surface area (Å²) in [6, 6.07) is 24.3. The summed E-state index contributed by atoms with van der Waals surface area (Å²) in [5.41, 5.74) is 14.7. The van der Waals surface area contributed by atoms with E-state index in [2.05, 4.69) is 26.9 Å². The third-order valence-corrected chi connectivity index (χ3v) is 6.89. The third kappa shape index (κ3) is 7.51. The molecule has 0 unspecified atom stereocenters. The van der Waals surface area contributed by atoms with Gasteiger partial charge in [0.1, 0.15) is 17.3 Å². The van der Waals surface area contributed by atoms with E-state index in [-0.39, 0.29) is 23.2 Å². The number of amides is 1. The van der Waals surface area contributed by atoms with Gasteiger partial charge in [0, 0.05) is 30.8 Å². The van der Waals surface area contributed by atoms with E-state index in [9.17, 15) is 9.59 Å². The first-order valence-corrected chi connectivity index (χ1v) is 15.0. The molecule has 6 rings (SSSR count). The number of nitrogens with zero attached hydrogens (tertiary/aromatic N) is 6. The second-order valence-electron chi connectivity index (χ2n) is 10.7. The number of aryl methyl sites for hydroxylation is 2. The molecular weight excluding hydrogens is 592 g/mol. The number of carbonyl (C=O) groups is 1. The first kappa shape index (κ1) is 32.1. The molecule has 3 heterocycles. The largest absolute Gasteiger partial charge is 0.491 e. The Kier molecular flexibility index (Phi) is 9.72. The van der Waals surface area contributed by atoms with Crippen molar-refractivity contribution in [3.05, 3.63) is 124 Å². The van der Waals surface area contributed by atoms with Crippen molar-refractivity contribution in [2.24, 2.45) is 12.8 Å². The van der Waals surface area contributed by atoms with Crippen molar-refractivity contribution in [1.29, 1.82) is 0 Å². The second kappa shape index (κ2) is 14.2. The molecule has 0 aliphatic heterocycles. The lowest BCUT2D eigenvalue weighted by Gasteiger charge is -2.13. The van der Waals surface area contributed by atoms with E-state index in [4.69, 9.17) is 21.2 Å². The van der Waals surface area contributed by atoms with Gasteiger partial charge in [0.15, 0.2) is 11.5 Å². The highest BCUT2D eigenvalue weighted by atomic mass is 16.5. The van der Waals surface area contributed by atoms with Gasteiger partial charge in [-0.3, -0.25) is 18.8 Å². The molecule has 0 aliphatic rings. The Morgan fingerprint density at radius 3 is 2.34 bits per heavy atom. The van der Waals surface area contributed by atoms with Crippen molar-refractivity contribution in [3.63, 3.8) is 0 Å². The van der Waals surface area contributed by atoms with Crippen LogP contribution < -0.4 is 21.8 Å². The smallest absolute Gasteiger partial charge is 0.271 e. The van der Waals surface area contributed by atoms with Crippen LogP contribution in [0.4, 0.5) is 5.82 Å². The maximum Gasteiger partial charge on any atom is 0.271 e. The summed E-state index contributed by atoms with van der Waals surface area (Å²) in [7, 11) is 1.85. The highest BCUT2D eigenvalue weighted by Gasteiger charge is 2.14. The molecule has 236 valence electrons. The molecule has 0 radical (unpaired) electrons. The van der Waals surface area contributed by atoms with Gasteiger partial charge in [-0.05, 0) is 74.4 Å². The number of fused-ring (bicyclic) bond motifs is 1. The number of primary amides is 1. The SMILES string of the molecule is CC(C)Oc1ccc(-c2cnc(N)c(C(N)=O)n2)cc1.CCc1nc2cccc(C#Cc3ccn(C)n3)c2c(=O)n1-c1ccccc1. The Balaban J connectivity index is 0.000000194. The first-order valence-electron chi connectivity index (χ1n) is 15.0. The Labute approximate surface area is 271 Å². The molecular formula is C36H34N8O3. The standard InChI is InChI=1S/C22H18N4O.C14H16N4O2/c1-3-20-23-19-11-7-8-16(12-13-17-14-15-25(2)24-17)21(19)22(27)26(20)18-9-5-4-6-10-18;1-8(2)20-10-5-3-9(4-6-10)11-7-17-13(15)12(18-11)14(16)19/h4-11,14-15H,3H2,1-2H3;3-8H,1-2H3,(H2,15,17)(H2,16,19). The highest BCUT2D eigenvalue weighted by Crippen LogP contribution is 2.22.